The summed E-state index contributed by atoms with van der Waals surface area (Å²) in [7, 11) is 3.56. The van der Waals surface area contributed by atoms with E-state index in [2.05, 4.69) is 17.2 Å². The highest BCUT2D eigenvalue weighted by molar-refractivity contribution is 5.96. The number of hydrogen-bond donors (Lipinski definition) is 1. The zero-order chi connectivity index (χ0) is 14.5. The molecule has 1 aromatic rings. The topological polar surface area (TPSA) is 54.5 Å². The van der Waals surface area contributed by atoms with Crippen molar-refractivity contribution in [3.63, 3.8) is 0 Å². The van der Waals surface area contributed by atoms with Crippen LogP contribution in [0.25, 0.3) is 0 Å². The number of amides is 1. The molecule has 1 amide bonds. The second kappa shape index (κ2) is 6.70. The first-order valence-corrected chi connectivity index (χ1v) is 7.15. The zero-order valence-electron chi connectivity index (χ0n) is 12.4. The van der Waals surface area contributed by atoms with Crippen LogP contribution < -0.4 is 10.1 Å². The minimum atomic E-state index is 0.0391. The fourth-order valence-corrected chi connectivity index (χ4v) is 2.90. The molecule has 0 saturated carbocycles. The number of aromatic nitrogens is 1. The van der Waals surface area contributed by atoms with E-state index in [0.717, 1.165) is 25.9 Å². The van der Waals surface area contributed by atoms with Crippen molar-refractivity contribution in [1.29, 1.82) is 0 Å². The Morgan fingerprint density at radius 1 is 1.60 bits per heavy atom. The highest BCUT2D eigenvalue weighted by Crippen LogP contribution is 2.24. The zero-order valence-corrected chi connectivity index (χ0v) is 12.4. The van der Waals surface area contributed by atoms with Gasteiger partial charge in [0.05, 0.1) is 18.9 Å². The van der Waals surface area contributed by atoms with Crippen molar-refractivity contribution in [2.45, 2.75) is 25.8 Å². The van der Waals surface area contributed by atoms with Crippen LogP contribution in [0.2, 0.25) is 0 Å². The molecular formula is C15H23N3O2. The molecule has 5 heteroatoms. The van der Waals surface area contributed by atoms with Crippen LogP contribution in [0.5, 0.6) is 5.75 Å². The standard InChI is InChI=1S/C15H23N3O2/c1-4-11-10-18(8-6-13(11)16-2)15(19)12-5-7-17-9-14(12)20-3/h5,7,9,11,13,16H,4,6,8,10H2,1-3H3. The van der Waals surface area contributed by atoms with E-state index in [-0.39, 0.29) is 5.91 Å². The maximum atomic E-state index is 12.6. The van der Waals surface area contributed by atoms with Crippen LogP contribution in [0, 0.1) is 5.92 Å². The number of hydrogen-bond acceptors (Lipinski definition) is 4. The van der Waals surface area contributed by atoms with Gasteiger partial charge in [0.2, 0.25) is 0 Å². The highest BCUT2D eigenvalue weighted by Gasteiger charge is 2.30. The van der Waals surface area contributed by atoms with Crippen molar-refractivity contribution < 1.29 is 9.53 Å². The van der Waals surface area contributed by atoms with Crippen molar-refractivity contribution in [3.05, 3.63) is 24.0 Å². The van der Waals surface area contributed by atoms with Crippen LogP contribution >= 0.6 is 0 Å². The summed E-state index contributed by atoms with van der Waals surface area (Å²) in [5, 5.41) is 3.35. The van der Waals surface area contributed by atoms with Gasteiger partial charge < -0.3 is 15.0 Å². The number of likely N-dealkylation sites (tertiary alicyclic amines) is 1. The van der Waals surface area contributed by atoms with Gasteiger partial charge >= 0.3 is 0 Å². The molecule has 1 aliphatic heterocycles. The largest absolute Gasteiger partial charge is 0.494 e. The third-order valence-corrected chi connectivity index (χ3v) is 4.15. The molecule has 2 atom stereocenters. The lowest BCUT2D eigenvalue weighted by Gasteiger charge is -2.38. The van der Waals surface area contributed by atoms with Gasteiger partial charge in [-0.3, -0.25) is 9.78 Å². The van der Waals surface area contributed by atoms with Gasteiger partial charge in [-0.25, -0.2) is 0 Å². The molecular weight excluding hydrogens is 254 g/mol. The van der Waals surface area contributed by atoms with Crippen molar-refractivity contribution in [3.8, 4) is 5.75 Å². The van der Waals surface area contributed by atoms with E-state index in [1.807, 2.05) is 11.9 Å². The summed E-state index contributed by atoms with van der Waals surface area (Å²) < 4.78 is 5.23. The third kappa shape index (κ3) is 2.93. The van der Waals surface area contributed by atoms with Gasteiger partial charge in [-0.05, 0) is 25.5 Å². The van der Waals surface area contributed by atoms with Crippen LogP contribution in [0.3, 0.4) is 0 Å². The molecule has 1 fully saturated rings. The minimum Gasteiger partial charge on any atom is -0.494 e. The Hall–Kier alpha value is -1.62. The van der Waals surface area contributed by atoms with Gasteiger partial charge in [0.25, 0.3) is 5.91 Å². The first-order valence-electron chi connectivity index (χ1n) is 7.15. The van der Waals surface area contributed by atoms with E-state index in [9.17, 15) is 4.79 Å². The molecule has 5 nitrogen and oxygen atoms in total. The monoisotopic (exact) mass is 277 g/mol. The number of carbonyl (C=O) groups is 1. The predicted octanol–water partition coefficient (Wildman–Crippen LogP) is 1.55. The first kappa shape index (κ1) is 14.8. The summed E-state index contributed by atoms with van der Waals surface area (Å²) in [4.78, 5) is 18.6. The summed E-state index contributed by atoms with van der Waals surface area (Å²) in [6.07, 6.45) is 5.29. The number of nitrogens with zero attached hydrogens (tertiary/aromatic N) is 2. The van der Waals surface area contributed by atoms with Crippen LogP contribution in [0.15, 0.2) is 18.5 Å². The van der Waals surface area contributed by atoms with Gasteiger partial charge in [0.15, 0.2) is 0 Å². The van der Waals surface area contributed by atoms with E-state index >= 15 is 0 Å². The van der Waals surface area contributed by atoms with Crippen LogP contribution in [0.4, 0.5) is 0 Å². The Balaban J connectivity index is 2.14. The summed E-state index contributed by atoms with van der Waals surface area (Å²) in [5.41, 5.74) is 0.597. The molecule has 2 heterocycles. The molecule has 0 aromatic carbocycles. The minimum absolute atomic E-state index is 0.0391. The number of nitrogens with one attached hydrogen (secondary N) is 1. The summed E-state index contributed by atoms with van der Waals surface area (Å²) in [6, 6.07) is 2.23. The molecule has 20 heavy (non-hydrogen) atoms. The van der Waals surface area contributed by atoms with Gasteiger partial charge in [0, 0.05) is 25.3 Å². The van der Waals surface area contributed by atoms with E-state index in [4.69, 9.17) is 4.74 Å². The van der Waals surface area contributed by atoms with Crippen molar-refractivity contribution >= 4 is 5.91 Å². The SMILES string of the molecule is CCC1CN(C(=O)c2ccncc2OC)CCC1NC. The smallest absolute Gasteiger partial charge is 0.257 e. The van der Waals surface area contributed by atoms with Crippen LogP contribution in [-0.2, 0) is 0 Å². The van der Waals surface area contributed by atoms with Gasteiger partial charge in [0.1, 0.15) is 5.75 Å². The normalized spacial score (nSPS) is 22.6. The number of pyridine rings is 1. The Morgan fingerprint density at radius 2 is 2.40 bits per heavy atom. The highest BCUT2D eigenvalue weighted by atomic mass is 16.5. The molecule has 0 radical (unpaired) electrons. The quantitative estimate of drug-likeness (QED) is 0.907. The van der Waals surface area contributed by atoms with Crippen molar-refractivity contribution in [2.24, 2.45) is 5.92 Å². The van der Waals surface area contributed by atoms with Crippen molar-refractivity contribution in [2.75, 3.05) is 27.2 Å². The fraction of sp³-hybridized carbons (Fsp3) is 0.600. The van der Waals surface area contributed by atoms with Gasteiger partial charge in [-0.1, -0.05) is 13.3 Å². The van der Waals surface area contributed by atoms with Gasteiger partial charge in [-0.15, -0.1) is 0 Å². The number of piperidine rings is 1. The second-order valence-electron chi connectivity index (χ2n) is 5.18. The molecule has 110 valence electrons. The van der Waals surface area contributed by atoms with E-state index in [1.165, 1.54) is 0 Å². The lowest BCUT2D eigenvalue weighted by molar-refractivity contribution is 0.0628. The van der Waals surface area contributed by atoms with Crippen LogP contribution in [0.1, 0.15) is 30.1 Å². The van der Waals surface area contributed by atoms with Crippen LogP contribution in [-0.4, -0.2) is 49.1 Å². The number of carbonyl (C=O) groups excluding carboxylic acids is 1. The summed E-state index contributed by atoms with van der Waals surface area (Å²) in [5.74, 6) is 1.09. The van der Waals surface area contributed by atoms with Crippen molar-refractivity contribution in [1.82, 2.24) is 15.2 Å². The Morgan fingerprint density at radius 3 is 3.05 bits per heavy atom. The summed E-state index contributed by atoms with van der Waals surface area (Å²) in [6.45, 7) is 3.76. The molecule has 1 N–H and O–H groups in total. The third-order valence-electron chi connectivity index (χ3n) is 4.15. The molecule has 1 saturated heterocycles. The lowest BCUT2D eigenvalue weighted by atomic mass is 9.89. The molecule has 1 aromatic heterocycles. The summed E-state index contributed by atoms with van der Waals surface area (Å²) >= 11 is 0. The average molecular weight is 277 g/mol. The Labute approximate surface area is 120 Å². The first-order chi connectivity index (χ1) is 9.71. The maximum Gasteiger partial charge on any atom is 0.257 e. The predicted molar refractivity (Wildman–Crippen MR) is 77.9 cm³/mol. The molecule has 2 unspecified atom stereocenters. The number of rotatable bonds is 4. The van der Waals surface area contributed by atoms with E-state index in [0.29, 0.717) is 23.3 Å². The number of ether oxygens (including phenoxy) is 1. The Kier molecular flexibility index (Phi) is 4.95. The van der Waals surface area contributed by atoms with Gasteiger partial charge in [-0.2, -0.15) is 0 Å². The molecule has 0 spiro atoms. The molecule has 1 aliphatic rings. The molecule has 0 aliphatic carbocycles. The Bertz CT molecular complexity index is 464. The number of methoxy groups -OCH3 is 1. The van der Waals surface area contributed by atoms with E-state index < -0.39 is 0 Å². The molecule has 2 rings (SSSR count). The maximum absolute atomic E-state index is 12.6. The van der Waals surface area contributed by atoms with E-state index in [1.54, 1.807) is 25.6 Å². The lowest BCUT2D eigenvalue weighted by Crippen LogP contribution is -2.50. The second-order valence-corrected chi connectivity index (χ2v) is 5.18. The fourth-order valence-electron chi connectivity index (χ4n) is 2.90. The molecule has 0 bridgehead atoms. The average Bonchev–Trinajstić information content (AvgIpc) is 2.53.